The van der Waals surface area contributed by atoms with Crippen molar-refractivity contribution in [3.63, 3.8) is 0 Å². The average Bonchev–Trinajstić information content (AvgIpc) is 3.14. The lowest BCUT2D eigenvalue weighted by atomic mass is 10.2. The molecule has 4 rings (SSSR count). The number of sulfonamides is 1. The minimum atomic E-state index is -4.37. The van der Waals surface area contributed by atoms with Gasteiger partial charge in [0.2, 0.25) is 5.75 Å². The molecule has 0 N–H and O–H groups in total. The van der Waals surface area contributed by atoms with Crippen LogP contribution < -0.4 is 18.5 Å². The summed E-state index contributed by atoms with van der Waals surface area (Å²) >= 11 is 0. The molecule has 3 aromatic heterocycles. The summed E-state index contributed by atoms with van der Waals surface area (Å²) in [4.78, 5) is 40.9. The first kappa shape index (κ1) is 40.8. The Bertz CT molecular complexity index is 1850. The molecule has 0 saturated carbocycles. The maximum atomic E-state index is 14.2. The normalized spacial score (nSPS) is 11.0. The number of hydrogen-bond donors (Lipinski definition) is 0. The minimum Gasteiger partial charge on any atom is -0.493 e. The summed E-state index contributed by atoms with van der Waals surface area (Å²) in [5, 5.41) is 8.70. The SMILES string of the molecule is COc1ccccc1Oc1c(OC)nc(-c2ccncc2)nc1N(C(C)(C)OC)S(=O)(=O)c1ccc(C)cn1.O=COCCCCCCO[N+](=O)[O-]. The Kier molecular flexibility index (Phi) is 15.4. The molecule has 0 unspecified atom stereocenters. The number of rotatable bonds is 19. The summed E-state index contributed by atoms with van der Waals surface area (Å²) in [6, 6.07) is 13.4. The molecular formula is C34H42N6O11S. The lowest BCUT2D eigenvalue weighted by molar-refractivity contribution is -0.757. The third kappa shape index (κ3) is 11.2. The van der Waals surface area contributed by atoms with Gasteiger partial charge in [0, 0.05) is 31.3 Å². The first-order valence-corrected chi connectivity index (χ1v) is 17.4. The number of nitrogens with zero attached hydrogens (tertiary/aromatic N) is 6. The number of ether oxygens (including phenoxy) is 5. The van der Waals surface area contributed by atoms with Gasteiger partial charge < -0.3 is 28.5 Å². The average molecular weight is 743 g/mol. The summed E-state index contributed by atoms with van der Waals surface area (Å²) in [6.45, 7) is 5.96. The number of carbonyl (C=O) groups is 1. The summed E-state index contributed by atoms with van der Waals surface area (Å²) in [5.74, 6) is 0.668. The van der Waals surface area contributed by atoms with Crippen LogP contribution in [0.3, 0.4) is 0 Å². The molecule has 1 aromatic carbocycles. The Morgan fingerprint density at radius 1 is 0.904 bits per heavy atom. The fraction of sp³-hybridized carbons (Fsp3) is 0.382. The van der Waals surface area contributed by atoms with E-state index in [1.54, 1.807) is 68.7 Å². The number of aromatic nitrogens is 4. The predicted octanol–water partition coefficient (Wildman–Crippen LogP) is 5.56. The van der Waals surface area contributed by atoms with Gasteiger partial charge in [0.05, 0.1) is 27.4 Å². The number of aryl methyl sites for hydroxylation is 1. The maximum absolute atomic E-state index is 14.2. The lowest BCUT2D eigenvalue weighted by Gasteiger charge is -2.37. The van der Waals surface area contributed by atoms with Crippen LogP contribution in [-0.2, 0) is 29.1 Å². The van der Waals surface area contributed by atoms with Crippen LogP contribution >= 0.6 is 0 Å². The van der Waals surface area contributed by atoms with E-state index < -0.39 is 20.8 Å². The summed E-state index contributed by atoms with van der Waals surface area (Å²) < 4.78 is 56.9. The Hall–Kier alpha value is -5.62. The van der Waals surface area contributed by atoms with Gasteiger partial charge in [0.1, 0.15) is 0 Å². The Morgan fingerprint density at radius 2 is 1.58 bits per heavy atom. The zero-order chi connectivity index (χ0) is 38.1. The molecule has 0 saturated heterocycles. The van der Waals surface area contributed by atoms with Gasteiger partial charge in [-0.25, -0.2) is 14.3 Å². The van der Waals surface area contributed by atoms with E-state index in [0.29, 0.717) is 36.6 Å². The van der Waals surface area contributed by atoms with Crippen molar-refractivity contribution < 1.29 is 46.8 Å². The van der Waals surface area contributed by atoms with Crippen molar-refractivity contribution in [1.29, 1.82) is 0 Å². The van der Waals surface area contributed by atoms with E-state index in [4.69, 9.17) is 18.9 Å². The van der Waals surface area contributed by atoms with Gasteiger partial charge in [-0.15, -0.1) is 10.1 Å². The second-order valence-electron chi connectivity index (χ2n) is 11.2. The first-order chi connectivity index (χ1) is 24.9. The number of pyridine rings is 2. The van der Waals surface area contributed by atoms with Gasteiger partial charge in [-0.1, -0.05) is 24.6 Å². The van der Waals surface area contributed by atoms with Crippen LogP contribution in [0.25, 0.3) is 11.4 Å². The predicted molar refractivity (Wildman–Crippen MR) is 188 cm³/mol. The number of anilines is 1. The quantitative estimate of drug-likeness (QED) is 0.0379. The second-order valence-corrected chi connectivity index (χ2v) is 13.0. The lowest BCUT2D eigenvalue weighted by Crippen LogP contribution is -2.50. The first-order valence-electron chi connectivity index (χ1n) is 15.9. The molecule has 0 fully saturated rings. The van der Waals surface area contributed by atoms with E-state index >= 15 is 0 Å². The van der Waals surface area contributed by atoms with E-state index in [1.165, 1.54) is 33.6 Å². The molecule has 3 heterocycles. The van der Waals surface area contributed by atoms with E-state index in [2.05, 4.69) is 29.5 Å². The van der Waals surface area contributed by atoms with Crippen molar-refractivity contribution in [2.45, 2.75) is 57.2 Å². The molecular weight excluding hydrogens is 700 g/mol. The van der Waals surface area contributed by atoms with Crippen LogP contribution in [0.2, 0.25) is 0 Å². The van der Waals surface area contributed by atoms with Crippen molar-refractivity contribution in [3.8, 4) is 34.5 Å². The molecule has 0 bridgehead atoms. The topological polar surface area (TPSA) is 205 Å². The van der Waals surface area contributed by atoms with Gasteiger partial charge in [-0.3, -0.25) is 9.78 Å². The van der Waals surface area contributed by atoms with Crippen molar-refractivity contribution in [1.82, 2.24) is 19.9 Å². The van der Waals surface area contributed by atoms with Crippen molar-refractivity contribution in [3.05, 3.63) is 82.8 Å². The van der Waals surface area contributed by atoms with Crippen LogP contribution in [0.15, 0.2) is 72.1 Å². The monoisotopic (exact) mass is 742 g/mol. The number of unbranched alkanes of at least 4 members (excludes halogenated alkanes) is 3. The molecule has 0 aliphatic carbocycles. The maximum Gasteiger partial charge on any atom is 0.294 e. The van der Waals surface area contributed by atoms with Crippen LogP contribution in [0.4, 0.5) is 5.82 Å². The van der Waals surface area contributed by atoms with Crippen LogP contribution in [0.5, 0.6) is 23.1 Å². The smallest absolute Gasteiger partial charge is 0.294 e. The van der Waals surface area contributed by atoms with Gasteiger partial charge in [0.15, 0.2) is 33.9 Å². The minimum absolute atomic E-state index is 0.0123. The van der Waals surface area contributed by atoms with Crippen molar-refractivity contribution in [2.75, 3.05) is 38.8 Å². The number of para-hydroxylation sites is 2. The highest BCUT2D eigenvalue weighted by Crippen LogP contribution is 2.45. The van der Waals surface area contributed by atoms with E-state index in [-0.39, 0.29) is 34.9 Å². The fourth-order valence-corrected chi connectivity index (χ4v) is 6.11. The zero-order valence-electron chi connectivity index (χ0n) is 29.8. The third-order valence-electron chi connectivity index (χ3n) is 7.22. The summed E-state index contributed by atoms with van der Waals surface area (Å²) in [7, 11) is -0.0710. The highest BCUT2D eigenvalue weighted by Gasteiger charge is 2.43. The number of benzene rings is 1. The molecule has 0 spiro atoms. The molecule has 280 valence electrons. The zero-order valence-corrected chi connectivity index (χ0v) is 30.6. The molecule has 0 radical (unpaired) electrons. The van der Waals surface area contributed by atoms with Crippen LogP contribution in [0.1, 0.15) is 45.1 Å². The van der Waals surface area contributed by atoms with E-state index in [9.17, 15) is 23.3 Å². The third-order valence-corrected chi connectivity index (χ3v) is 9.08. The highest BCUT2D eigenvalue weighted by atomic mass is 32.2. The summed E-state index contributed by atoms with van der Waals surface area (Å²) in [6.07, 6.45) is 7.80. The molecule has 18 heteroatoms. The Balaban J connectivity index is 0.000000478. The molecule has 0 amide bonds. The molecule has 0 aliphatic rings. The van der Waals surface area contributed by atoms with Gasteiger partial charge in [0.25, 0.3) is 27.5 Å². The van der Waals surface area contributed by atoms with E-state index in [1.807, 2.05) is 6.92 Å². The fourth-order valence-electron chi connectivity index (χ4n) is 4.50. The van der Waals surface area contributed by atoms with Gasteiger partial charge >= 0.3 is 0 Å². The van der Waals surface area contributed by atoms with Crippen molar-refractivity contribution in [2.24, 2.45) is 0 Å². The number of hydrogen-bond acceptors (Lipinski definition) is 15. The molecule has 17 nitrogen and oxygen atoms in total. The molecule has 52 heavy (non-hydrogen) atoms. The molecule has 0 atom stereocenters. The number of carbonyl (C=O) groups excluding carboxylic acids is 1. The molecule has 4 aromatic rings. The number of methoxy groups -OCH3 is 3. The van der Waals surface area contributed by atoms with Crippen LogP contribution in [0, 0.1) is 17.0 Å². The molecule has 0 aliphatic heterocycles. The largest absolute Gasteiger partial charge is 0.493 e. The van der Waals surface area contributed by atoms with E-state index in [0.717, 1.165) is 29.1 Å². The highest BCUT2D eigenvalue weighted by molar-refractivity contribution is 7.92. The standard InChI is InChI=1S/C27H29N5O6S.C7H13NO5/c1-18-11-12-22(29-17-18)39(33,34)32(27(2,3)37-6)25-23(38-21-10-8-7-9-20(21)35-4)26(36-5)31-24(30-25)19-13-15-28-16-14-19;9-7-12-5-3-1-2-4-6-13-8(10)11/h7-17H,1-6H3;7H,1-6H2. The van der Waals surface area contributed by atoms with Crippen LogP contribution in [-0.4, -0.2) is 80.2 Å². The van der Waals surface area contributed by atoms with Crippen molar-refractivity contribution >= 4 is 22.3 Å². The summed E-state index contributed by atoms with van der Waals surface area (Å²) in [5.41, 5.74) is -0.0797. The Labute approximate surface area is 302 Å². The van der Waals surface area contributed by atoms with Gasteiger partial charge in [-0.2, -0.15) is 13.4 Å². The van der Waals surface area contributed by atoms with Gasteiger partial charge in [-0.05, 0) is 75.9 Å². The Morgan fingerprint density at radius 3 is 2.15 bits per heavy atom. The second kappa shape index (κ2) is 19.7.